The maximum Gasteiger partial charge on any atom is 0.227 e. The van der Waals surface area contributed by atoms with Gasteiger partial charge in [-0.15, -0.1) is 0 Å². The van der Waals surface area contributed by atoms with Crippen molar-refractivity contribution in [2.24, 2.45) is 0 Å². The van der Waals surface area contributed by atoms with Gasteiger partial charge in [0.1, 0.15) is 5.52 Å². The fourth-order valence-electron chi connectivity index (χ4n) is 8.28. The van der Waals surface area contributed by atoms with Crippen molar-refractivity contribution in [3.8, 4) is 67.9 Å². The summed E-state index contributed by atoms with van der Waals surface area (Å²) in [6.45, 7) is 4.59. The molecule has 0 aliphatic heterocycles. The first-order valence-corrected chi connectivity index (χ1v) is 18.6. The van der Waals surface area contributed by atoms with Gasteiger partial charge in [0.2, 0.25) is 5.89 Å². The van der Waals surface area contributed by atoms with E-state index in [1.165, 1.54) is 27.6 Å². The second kappa shape index (κ2) is 11.9. The van der Waals surface area contributed by atoms with Crippen LogP contribution in [0.5, 0.6) is 0 Å². The number of aromatic amines is 1. The van der Waals surface area contributed by atoms with Crippen molar-refractivity contribution in [2.75, 3.05) is 0 Å². The molecule has 10 aromatic rings. The van der Waals surface area contributed by atoms with Gasteiger partial charge in [0.05, 0.1) is 5.52 Å². The van der Waals surface area contributed by atoms with E-state index in [2.05, 4.69) is 116 Å². The summed E-state index contributed by atoms with van der Waals surface area (Å²) in [6.07, 6.45) is 0. The third-order valence-electron chi connectivity index (χ3n) is 11.1. The van der Waals surface area contributed by atoms with Crippen molar-refractivity contribution in [1.82, 2.24) is 24.9 Å². The van der Waals surface area contributed by atoms with Crippen LogP contribution in [0, 0.1) is 0 Å². The van der Waals surface area contributed by atoms with Crippen molar-refractivity contribution in [2.45, 2.75) is 19.3 Å². The molecule has 0 saturated carbocycles. The predicted molar refractivity (Wildman–Crippen MR) is 222 cm³/mol. The Kier molecular flexibility index (Phi) is 6.79. The van der Waals surface area contributed by atoms with Crippen LogP contribution < -0.4 is 0 Å². The smallest absolute Gasteiger partial charge is 0.227 e. The number of para-hydroxylation sites is 2. The molecule has 1 N–H and O–H groups in total. The maximum absolute atomic E-state index is 6.30. The molecule has 0 radical (unpaired) electrons. The van der Waals surface area contributed by atoms with Crippen LogP contribution in [0.15, 0.2) is 162 Å². The minimum atomic E-state index is -0.233. The Labute approximate surface area is 317 Å². The second-order valence-electron chi connectivity index (χ2n) is 14.8. The Balaban J connectivity index is 1.01. The predicted octanol–water partition coefficient (Wildman–Crippen LogP) is 12.3. The molecule has 0 amide bonds. The lowest BCUT2D eigenvalue weighted by Gasteiger charge is -2.22. The lowest BCUT2D eigenvalue weighted by Crippen LogP contribution is -2.15. The third kappa shape index (κ3) is 5.02. The number of aromatic nitrogens is 5. The zero-order valence-electron chi connectivity index (χ0n) is 30.2. The van der Waals surface area contributed by atoms with Crippen LogP contribution in [0.25, 0.3) is 101 Å². The number of fused-ring (bicyclic) bond motifs is 7. The molecule has 0 saturated heterocycles. The summed E-state index contributed by atoms with van der Waals surface area (Å²) in [7, 11) is 0. The topological polar surface area (TPSA) is 80.5 Å². The first kappa shape index (κ1) is 31.4. The van der Waals surface area contributed by atoms with Crippen molar-refractivity contribution in [3.05, 3.63) is 169 Å². The van der Waals surface area contributed by atoms with E-state index >= 15 is 0 Å². The van der Waals surface area contributed by atoms with Gasteiger partial charge in [0.25, 0.3) is 0 Å². The number of benzene rings is 7. The first-order valence-electron chi connectivity index (χ1n) is 18.6. The third-order valence-corrected chi connectivity index (χ3v) is 11.1. The van der Waals surface area contributed by atoms with Crippen LogP contribution in [0.3, 0.4) is 0 Å². The Morgan fingerprint density at radius 2 is 1.09 bits per heavy atom. The molecule has 260 valence electrons. The molecule has 1 aliphatic rings. The quantitative estimate of drug-likeness (QED) is 0.193. The maximum atomic E-state index is 6.30. The van der Waals surface area contributed by atoms with Crippen LogP contribution in [0.2, 0.25) is 0 Å². The number of nitrogens with one attached hydrogen (secondary N) is 1. The van der Waals surface area contributed by atoms with Gasteiger partial charge in [-0.25, -0.2) is 19.9 Å². The fourth-order valence-corrected chi connectivity index (χ4v) is 8.28. The molecule has 3 heterocycles. The molecule has 0 atom stereocenters. The summed E-state index contributed by atoms with van der Waals surface area (Å²) in [5.41, 5.74) is 14.5. The molecular formula is C49H33N5O. The summed E-state index contributed by atoms with van der Waals surface area (Å²) in [4.78, 5) is 23.8. The van der Waals surface area contributed by atoms with Crippen molar-refractivity contribution < 1.29 is 4.42 Å². The fraction of sp³-hybridized carbons (Fsp3) is 0.0612. The summed E-state index contributed by atoms with van der Waals surface area (Å²) in [5, 5.41) is 2.31. The molecule has 11 rings (SSSR count). The molecule has 0 unspecified atom stereocenters. The summed E-state index contributed by atoms with van der Waals surface area (Å²) >= 11 is 0. The van der Waals surface area contributed by atoms with E-state index < -0.39 is 0 Å². The highest BCUT2D eigenvalue weighted by atomic mass is 16.3. The van der Waals surface area contributed by atoms with Gasteiger partial charge in [-0.2, -0.15) is 0 Å². The molecule has 0 bridgehead atoms. The number of oxazole rings is 1. The molecule has 3 aromatic heterocycles. The highest BCUT2D eigenvalue weighted by molar-refractivity contribution is 6.11. The number of hydrogen-bond acceptors (Lipinski definition) is 5. The zero-order valence-corrected chi connectivity index (χ0v) is 30.2. The average molecular weight is 708 g/mol. The number of nitrogens with zero attached hydrogens (tertiary/aromatic N) is 4. The Morgan fingerprint density at radius 3 is 1.93 bits per heavy atom. The molecule has 55 heavy (non-hydrogen) atoms. The van der Waals surface area contributed by atoms with Gasteiger partial charge in [-0.3, -0.25) is 0 Å². The molecule has 6 heteroatoms. The lowest BCUT2D eigenvalue weighted by atomic mass is 9.81. The van der Waals surface area contributed by atoms with Gasteiger partial charge in [-0.1, -0.05) is 123 Å². The van der Waals surface area contributed by atoms with E-state index in [0.717, 1.165) is 60.9 Å². The summed E-state index contributed by atoms with van der Waals surface area (Å²) in [5.74, 6) is 2.52. The average Bonchev–Trinajstić information content (AvgIpc) is 3.90. The normalized spacial score (nSPS) is 13.1. The van der Waals surface area contributed by atoms with E-state index in [9.17, 15) is 0 Å². The Morgan fingerprint density at radius 1 is 0.455 bits per heavy atom. The van der Waals surface area contributed by atoms with Crippen LogP contribution in [-0.4, -0.2) is 24.9 Å². The minimum Gasteiger partial charge on any atom is -0.436 e. The largest absolute Gasteiger partial charge is 0.436 e. The number of H-pyrrole nitrogens is 1. The van der Waals surface area contributed by atoms with Gasteiger partial charge in [0.15, 0.2) is 23.1 Å². The minimum absolute atomic E-state index is 0.233. The Hall–Kier alpha value is -7.18. The number of rotatable bonds is 5. The van der Waals surface area contributed by atoms with Gasteiger partial charge in [-0.05, 0) is 81.9 Å². The summed E-state index contributed by atoms with van der Waals surface area (Å²) in [6, 6.07) is 54.6. The molecule has 0 spiro atoms. The van der Waals surface area contributed by atoms with E-state index in [1.54, 1.807) is 0 Å². The molecular weight excluding hydrogens is 675 g/mol. The summed E-state index contributed by atoms with van der Waals surface area (Å²) < 4.78 is 6.30. The highest BCUT2D eigenvalue weighted by Gasteiger charge is 2.36. The molecule has 1 aliphatic carbocycles. The molecule has 6 nitrogen and oxygen atoms in total. The highest BCUT2D eigenvalue weighted by Crippen LogP contribution is 2.51. The van der Waals surface area contributed by atoms with Crippen molar-refractivity contribution in [1.29, 1.82) is 0 Å². The first-order chi connectivity index (χ1) is 27.0. The van der Waals surface area contributed by atoms with E-state index in [0.29, 0.717) is 23.4 Å². The lowest BCUT2D eigenvalue weighted by molar-refractivity contribution is 0.614. The second-order valence-corrected chi connectivity index (χ2v) is 14.8. The standard InChI is InChI=1S/C49H33N5O/c1-49(2)39-26-32(23-24-34(39)38-27-42-43(28-40(38)49)55-48(51-42)30-15-7-4-8-16-30)31-17-11-18-33(25-31)46-52-45(29-13-5-3-6-14-29)53-47(54-46)37-21-12-20-36-35-19-9-10-22-41(35)50-44(36)37/h3-28,50H,1-2H3. The number of hydrogen-bond donors (Lipinski definition) is 1. The van der Waals surface area contributed by atoms with Gasteiger partial charge in [0, 0.05) is 44.0 Å². The van der Waals surface area contributed by atoms with E-state index in [4.69, 9.17) is 24.4 Å². The van der Waals surface area contributed by atoms with Crippen LogP contribution in [0.4, 0.5) is 0 Å². The van der Waals surface area contributed by atoms with Crippen LogP contribution in [-0.2, 0) is 5.41 Å². The van der Waals surface area contributed by atoms with E-state index in [1.807, 2.05) is 60.7 Å². The van der Waals surface area contributed by atoms with Crippen molar-refractivity contribution in [3.63, 3.8) is 0 Å². The SMILES string of the molecule is CC1(C)c2cc(-c3cccc(-c4nc(-c5ccccc5)nc(-c5cccc6c5[nH]c5ccccc56)n4)c3)ccc2-c2cc3nc(-c4ccccc4)oc3cc21. The monoisotopic (exact) mass is 707 g/mol. The van der Waals surface area contributed by atoms with Gasteiger partial charge < -0.3 is 9.40 Å². The van der Waals surface area contributed by atoms with Gasteiger partial charge >= 0.3 is 0 Å². The van der Waals surface area contributed by atoms with E-state index in [-0.39, 0.29) is 5.41 Å². The van der Waals surface area contributed by atoms with Crippen LogP contribution in [0.1, 0.15) is 25.0 Å². The van der Waals surface area contributed by atoms with Crippen molar-refractivity contribution >= 4 is 32.9 Å². The molecule has 7 aromatic carbocycles. The zero-order chi connectivity index (χ0) is 36.7. The van der Waals surface area contributed by atoms with Crippen LogP contribution >= 0.6 is 0 Å². The molecule has 0 fully saturated rings. The Bertz CT molecular complexity index is 3120.